The first kappa shape index (κ1) is 12.2. The summed E-state index contributed by atoms with van der Waals surface area (Å²) in [4.78, 5) is 0. The molecule has 0 rings (SSSR count). The van der Waals surface area contributed by atoms with Crippen LogP contribution in [-0.2, 0) is 0 Å². The summed E-state index contributed by atoms with van der Waals surface area (Å²) in [6.07, 6.45) is 0.599. The normalized spacial score (nSPS) is 14.9. The van der Waals surface area contributed by atoms with Crippen LogP contribution in [0.4, 0.5) is 0 Å². The summed E-state index contributed by atoms with van der Waals surface area (Å²) in [6.45, 7) is 8.37. The average Bonchev–Trinajstić information content (AvgIpc) is 2.11. The molecule has 0 saturated heterocycles. The Bertz CT molecular complexity index is 157. The lowest BCUT2D eigenvalue weighted by atomic mass is 9.98. The molecule has 0 saturated carbocycles. The first-order valence-corrected chi connectivity index (χ1v) is 4.75. The Morgan fingerprint density at radius 1 is 1.46 bits per heavy atom. The van der Waals surface area contributed by atoms with Crippen molar-refractivity contribution in [2.24, 2.45) is 22.7 Å². The first-order valence-electron chi connectivity index (χ1n) is 4.75. The third kappa shape index (κ3) is 6.40. The van der Waals surface area contributed by atoms with Gasteiger partial charge >= 0.3 is 0 Å². The smallest absolute Gasteiger partial charge is 0.140 e. The van der Waals surface area contributed by atoms with Crippen LogP contribution in [0.2, 0.25) is 0 Å². The van der Waals surface area contributed by atoms with Crippen molar-refractivity contribution in [3.63, 3.8) is 0 Å². The zero-order chi connectivity index (χ0) is 10.3. The van der Waals surface area contributed by atoms with Crippen LogP contribution < -0.4 is 11.1 Å². The van der Waals surface area contributed by atoms with Gasteiger partial charge in [0, 0.05) is 13.0 Å². The minimum absolute atomic E-state index is 0.282. The van der Waals surface area contributed by atoms with Crippen LogP contribution in [0.1, 0.15) is 27.2 Å². The molecule has 78 valence electrons. The lowest BCUT2D eigenvalue weighted by molar-refractivity contribution is 0.316. The molecule has 0 aliphatic heterocycles. The fourth-order valence-corrected chi connectivity index (χ4v) is 0.832. The molecule has 0 fully saturated rings. The van der Waals surface area contributed by atoms with Crippen LogP contribution in [-0.4, -0.2) is 24.1 Å². The standard InChI is InChI=1S/C9H21N3O/c1-7(2)8(3)6-11-5-4-9(10)12-13/h7-8,11,13H,4-6H2,1-3H3,(H2,10,12). The monoisotopic (exact) mass is 187 g/mol. The fourth-order valence-electron chi connectivity index (χ4n) is 0.832. The minimum Gasteiger partial charge on any atom is -0.409 e. The van der Waals surface area contributed by atoms with Crippen LogP contribution >= 0.6 is 0 Å². The number of hydrogen-bond acceptors (Lipinski definition) is 3. The van der Waals surface area contributed by atoms with Gasteiger partial charge in [-0.15, -0.1) is 0 Å². The number of hydrogen-bond donors (Lipinski definition) is 3. The number of nitrogens with zero attached hydrogens (tertiary/aromatic N) is 1. The molecule has 1 unspecified atom stereocenters. The molecule has 13 heavy (non-hydrogen) atoms. The Kier molecular flexibility index (Phi) is 6.32. The molecule has 0 bridgehead atoms. The highest BCUT2D eigenvalue weighted by atomic mass is 16.4. The highest BCUT2D eigenvalue weighted by Crippen LogP contribution is 2.07. The Morgan fingerprint density at radius 2 is 2.08 bits per heavy atom. The molecule has 0 heterocycles. The highest BCUT2D eigenvalue weighted by molar-refractivity contribution is 5.79. The van der Waals surface area contributed by atoms with Gasteiger partial charge in [0.2, 0.25) is 0 Å². The second kappa shape index (κ2) is 6.71. The van der Waals surface area contributed by atoms with E-state index in [0.29, 0.717) is 18.3 Å². The third-order valence-electron chi connectivity index (χ3n) is 2.29. The predicted molar refractivity (Wildman–Crippen MR) is 54.9 cm³/mol. The summed E-state index contributed by atoms with van der Waals surface area (Å²) in [5.74, 6) is 1.63. The van der Waals surface area contributed by atoms with Gasteiger partial charge in [-0.3, -0.25) is 0 Å². The number of nitrogens with one attached hydrogen (secondary N) is 1. The average molecular weight is 187 g/mol. The van der Waals surface area contributed by atoms with E-state index in [0.717, 1.165) is 13.1 Å². The highest BCUT2D eigenvalue weighted by Gasteiger charge is 2.05. The fraction of sp³-hybridized carbons (Fsp3) is 0.889. The van der Waals surface area contributed by atoms with Crippen molar-refractivity contribution in [1.82, 2.24) is 5.32 Å². The van der Waals surface area contributed by atoms with Crippen LogP contribution in [0.15, 0.2) is 5.16 Å². The molecular weight excluding hydrogens is 166 g/mol. The Balaban J connectivity index is 3.36. The molecule has 0 radical (unpaired) electrons. The summed E-state index contributed by atoms with van der Waals surface area (Å²) < 4.78 is 0. The SMILES string of the molecule is CC(C)C(C)CNCCC(N)=NO. The zero-order valence-electron chi connectivity index (χ0n) is 8.75. The molecule has 0 aliphatic carbocycles. The predicted octanol–water partition coefficient (Wildman–Crippen LogP) is 1.00. The topological polar surface area (TPSA) is 70.6 Å². The van der Waals surface area contributed by atoms with Crippen LogP contribution in [0.3, 0.4) is 0 Å². The maximum atomic E-state index is 8.27. The van der Waals surface area contributed by atoms with Gasteiger partial charge in [-0.05, 0) is 18.4 Å². The van der Waals surface area contributed by atoms with Crippen molar-refractivity contribution in [2.75, 3.05) is 13.1 Å². The second-order valence-electron chi connectivity index (χ2n) is 3.77. The van der Waals surface area contributed by atoms with Gasteiger partial charge in [0.15, 0.2) is 0 Å². The van der Waals surface area contributed by atoms with Gasteiger partial charge in [-0.25, -0.2) is 0 Å². The van der Waals surface area contributed by atoms with Gasteiger partial charge in [-0.1, -0.05) is 25.9 Å². The van der Waals surface area contributed by atoms with Crippen molar-refractivity contribution in [2.45, 2.75) is 27.2 Å². The van der Waals surface area contributed by atoms with E-state index in [1.165, 1.54) is 0 Å². The maximum Gasteiger partial charge on any atom is 0.140 e. The summed E-state index contributed by atoms with van der Waals surface area (Å²) in [7, 11) is 0. The molecule has 4 N–H and O–H groups in total. The Labute approximate surface area is 80.2 Å². The lowest BCUT2D eigenvalue weighted by Crippen LogP contribution is -2.27. The van der Waals surface area contributed by atoms with E-state index in [1.54, 1.807) is 0 Å². The van der Waals surface area contributed by atoms with Crippen molar-refractivity contribution >= 4 is 5.84 Å². The van der Waals surface area contributed by atoms with Gasteiger partial charge in [0.25, 0.3) is 0 Å². The number of nitrogens with two attached hydrogens (primary N) is 1. The van der Waals surface area contributed by atoms with Crippen molar-refractivity contribution < 1.29 is 5.21 Å². The maximum absolute atomic E-state index is 8.27. The van der Waals surface area contributed by atoms with Gasteiger partial charge in [-0.2, -0.15) is 0 Å². The molecule has 0 aromatic rings. The number of amidine groups is 1. The molecule has 0 aromatic heterocycles. The van der Waals surface area contributed by atoms with E-state index in [9.17, 15) is 0 Å². The molecule has 4 heteroatoms. The zero-order valence-corrected chi connectivity index (χ0v) is 8.75. The molecule has 1 atom stereocenters. The van der Waals surface area contributed by atoms with Gasteiger partial charge in [0.05, 0.1) is 0 Å². The molecular formula is C9H21N3O. The molecule has 0 spiro atoms. The molecule has 0 aromatic carbocycles. The largest absolute Gasteiger partial charge is 0.409 e. The lowest BCUT2D eigenvalue weighted by Gasteiger charge is -2.15. The second-order valence-corrected chi connectivity index (χ2v) is 3.77. The van der Waals surface area contributed by atoms with E-state index in [-0.39, 0.29) is 5.84 Å². The summed E-state index contributed by atoms with van der Waals surface area (Å²) in [5.41, 5.74) is 5.31. The van der Waals surface area contributed by atoms with E-state index in [4.69, 9.17) is 10.9 Å². The number of rotatable bonds is 6. The molecule has 0 amide bonds. The van der Waals surface area contributed by atoms with Gasteiger partial charge in [0.1, 0.15) is 5.84 Å². The van der Waals surface area contributed by atoms with Crippen molar-refractivity contribution in [1.29, 1.82) is 0 Å². The van der Waals surface area contributed by atoms with E-state index in [2.05, 4.69) is 31.2 Å². The molecule has 0 aliphatic rings. The van der Waals surface area contributed by atoms with Crippen molar-refractivity contribution in [3.8, 4) is 0 Å². The third-order valence-corrected chi connectivity index (χ3v) is 2.29. The Hall–Kier alpha value is -0.770. The van der Waals surface area contributed by atoms with E-state index >= 15 is 0 Å². The molecule has 4 nitrogen and oxygen atoms in total. The van der Waals surface area contributed by atoms with E-state index < -0.39 is 0 Å². The van der Waals surface area contributed by atoms with Crippen LogP contribution in [0, 0.1) is 11.8 Å². The summed E-state index contributed by atoms with van der Waals surface area (Å²) >= 11 is 0. The summed E-state index contributed by atoms with van der Waals surface area (Å²) in [6, 6.07) is 0. The first-order chi connectivity index (χ1) is 6.07. The quantitative estimate of drug-likeness (QED) is 0.191. The van der Waals surface area contributed by atoms with Crippen molar-refractivity contribution in [3.05, 3.63) is 0 Å². The summed E-state index contributed by atoms with van der Waals surface area (Å²) in [5, 5.41) is 14.4. The van der Waals surface area contributed by atoms with E-state index in [1.807, 2.05) is 0 Å². The Morgan fingerprint density at radius 3 is 2.54 bits per heavy atom. The number of oxime groups is 1. The van der Waals surface area contributed by atoms with Gasteiger partial charge < -0.3 is 16.3 Å². The minimum atomic E-state index is 0.282. The van der Waals surface area contributed by atoms with Crippen LogP contribution in [0.5, 0.6) is 0 Å². The van der Waals surface area contributed by atoms with Crippen LogP contribution in [0.25, 0.3) is 0 Å².